The van der Waals surface area contributed by atoms with Gasteiger partial charge in [-0.3, -0.25) is 4.79 Å². The predicted octanol–water partition coefficient (Wildman–Crippen LogP) is 0.648. The zero-order chi connectivity index (χ0) is 10.7. The summed E-state index contributed by atoms with van der Waals surface area (Å²) in [4.78, 5) is 11.7. The molecule has 0 unspecified atom stereocenters. The summed E-state index contributed by atoms with van der Waals surface area (Å²) >= 11 is 1.45. The lowest BCUT2D eigenvalue weighted by Gasteiger charge is -2.05. The topological polar surface area (TPSA) is 66.9 Å². The van der Waals surface area contributed by atoms with Crippen LogP contribution in [-0.4, -0.2) is 29.2 Å². The van der Waals surface area contributed by atoms with Gasteiger partial charge in [-0.2, -0.15) is 0 Å². The van der Waals surface area contributed by atoms with E-state index in [-0.39, 0.29) is 11.8 Å². The molecule has 5 nitrogen and oxygen atoms in total. The smallest absolute Gasteiger partial charge is 0.230 e. The number of amides is 1. The minimum Gasteiger partial charge on any atom is -0.316 e. The van der Waals surface area contributed by atoms with Crippen LogP contribution in [0, 0.1) is 5.92 Å². The van der Waals surface area contributed by atoms with Crippen molar-refractivity contribution < 1.29 is 4.79 Å². The molecule has 82 valence electrons. The number of hydrogen-bond donors (Lipinski definition) is 2. The maximum absolute atomic E-state index is 11.7. The van der Waals surface area contributed by atoms with E-state index in [0.717, 1.165) is 30.9 Å². The van der Waals surface area contributed by atoms with E-state index >= 15 is 0 Å². The summed E-state index contributed by atoms with van der Waals surface area (Å²) in [5.74, 6) is 0.137. The molecule has 0 aromatic carbocycles. The van der Waals surface area contributed by atoms with Crippen LogP contribution in [0.3, 0.4) is 0 Å². The monoisotopic (exact) mass is 226 g/mol. The highest BCUT2D eigenvalue weighted by molar-refractivity contribution is 7.15. The highest BCUT2D eigenvalue weighted by atomic mass is 32.1. The molecular formula is C9H14N4OS. The van der Waals surface area contributed by atoms with Gasteiger partial charge in [-0.15, -0.1) is 10.2 Å². The summed E-state index contributed by atoms with van der Waals surface area (Å²) in [6.07, 6.45) is 1.77. The first-order valence-corrected chi connectivity index (χ1v) is 5.95. The van der Waals surface area contributed by atoms with Crippen molar-refractivity contribution in [3.63, 3.8) is 0 Å². The van der Waals surface area contributed by atoms with E-state index in [9.17, 15) is 4.79 Å². The van der Waals surface area contributed by atoms with Crippen LogP contribution in [0.2, 0.25) is 0 Å². The van der Waals surface area contributed by atoms with Crippen molar-refractivity contribution in [1.82, 2.24) is 15.5 Å². The van der Waals surface area contributed by atoms with Crippen LogP contribution in [-0.2, 0) is 11.2 Å². The molecule has 2 heterocycles. The number of aryl methyl sites for hydroxylation is 1. The average molecular weight is 226 g/mol. The number of carbonyl (C=O) groups excluding carboxylic acids is 1. The Morgan fingerprint density at radius 3 is 3.13 bits per heavy atom. The number of nitrogens with zero attached hydrogens (tertiary/aromatic N) is 2. The molecule has 0 bridgehead atoms. The van der Waals surface area contributed by atoms with E-state index in [1.165, 1.54) is 11.3 Å². The van der Waals surface area contributed by atoms with Crippen molar-refractivity contribution in [2.45, 2.75) is 19.8 Å². The standard InChI is InChI=1S/C9H14N4OS/c1-2-7-12-13-9(15-7)11-8(14)6-3-4-10-5-6/h6,10H,2-5H2,1H3,(H,11,13,14)/t6-/m0/s1. The van der Waals surface area contributed by atoms with Gasteiger partial charge < -0.3 is 10.6 Å². The quantitative estimate of drug-likeness (QED) is 0.794. The largest absolute Gasteiger partial charge is 0.316 e. The van der Waals surface area contributed by atoms with Crippen LogP contribution < -0.4 is 10.6 Å². The number of hydrogen-bond acceptors (Lipinski definition) is 5. The molecule has 6 heteroatoms. The van der Waals surface area contributed by atoms with Crippen molar-refractivity contribution in [1.29, 1.82) is 0 Å². The van der Waals surface area contributed by atoms with Gasteiger partial charge in [0.2, 0.25) is 11.0 Å². The molecule has 1 aromatic rings. The Labute approximate surface area is 92.3 Å². The molecule has 1 amide bonds. The maximum Gasteiger partial charge on any atom is 0.230 e. The van der Waals surface area contributed by atoms with Crippen molar-refractivity contribution >= 4 is 22.4 Å². The molecule has 1 aliphatic rings. The van der Waals surface area contributed by atoms with E-state index in [4.69, 9.17) is 0 Å². The lowest BCUT2D eigenvalue weighted by Crippen LogP contribution is -2.24. The second-order valence-corrected chi connectivity index (χ2v) is 4.60. The summed E-state index contributed by atoms with van der Waals surface area (Å²) in [6.45, 7) is 3.71. The van der Waals surface area contributed by atoms with E-state index in [2.05, 4.69) is 20.8 Å². The molecular weight excluding hydrogens is 212 g/mol. The molecule has 1 aromatic heterocycles. The lowest BCUT2D eigenvalue weighted by molar-refractivity contribution is -0.119. The van der Waals surface area contributed by atoms with Gasteiger partial charge in [-0.1, -0.05) is 18.3 Å². The molecule has 0 saturated carbocycles. The third-order valence-electron chi connectivity index (χ3n) is 2.43. The van der Waals surface area contributed by atoms with E-state index < -0.39 is 0 Å². The van der Waals surface area contributed by atoms with Crippen LogP contribution in [0.1, 0.15) is 18.4 Å². The number of aromatic nitrogens is 2. The predicted molar refractivity (Wildman–Crippen MR) is 58.9 cm³/mol. The SMILES string of the molecule is CCc1nnc(NC(=O)[C@H]2CCNC2)s1. The van der Waals surface area contributed by atoms with Gasteiger partial charge in [0.15, 0.2) is 0 Å². The van der Waals surface area contributed by atoms with Crippen molar-refractivity contribution in [3.05, 3.63) is 5.01 Å². The minimum atomic E-state index is 0.0544. The van der Waals surface area contributed by atoms with Gasteiger partial charge in [0.05, 0.1) is 5.92 Å². The maximum atomic E-state index is 11.7. The van der Waals surface area contributed by atoms with Crippen LogP contribution in [0.15, 0.2) is 0 Å². The third kappa shape index (κ3) is 2.51. The van der Waals surface area contributed by atoms with Gasteiger partial charge in [0, 0.05) is 6.54 Å². The zero-order valence-electron chi connectivity index (χ0n) is 8.62. The minimum absolute atomic E-state index is 0.0544. The Bertz CT molecular complexity index is 346. The Balaban J connectivity index is 1.92. The van der Waals surface area contributed by atoms with E-state index in [0.29, 0.717) is 5.13 Å². The average Bonchev–Trinajstić information content (AvgIpc) is 2.87. The molecule has 1 fully saturated rings. The van der Waals surface area contributed by atoms with Crippen LogP contribution in [0.5, 0.6) is 0 Å². The fourth-order valence-electron chi connectivity index (χ4n) is 1.53. The summed E-state index contributed by atoms with van der Waals surface area (Å²) in [5, 5.41) is 15.4. The first-order chi connectivity index (χ1) is 7.29. The molecule has 0 aliphatic carbocycles. The second kappa shape index (κ2) is 4.67. The highest BCUT2D eigenvalue weighted by Gasteiger charge is 2.23. The van der Waals surface area contributed by atoms with Gasteiger partial charge in [0.25, 0.3) is 0 Å². The Kier molecular flexibility index (Phi) is 3.27. The fourth-order valence-corrected chi connectivity index (χ4v) is 2.22. The summed E-state index contributed by atoms with van der Waals surface area (Å²) < 4.78 is 0. The molecule has 0 radical (unpaired) electrons. The first-order valence-electron chi connectivity index (χ1n) is 5.13. The molecule has 1 aliphatic heterocycles. The Morgan fingerprint density at radius 1 is 1.67 bits per heavy atom. The van der Waals surface area contributed by atoms with Crippen molar-refractivity contribution in [3.8, 4) is 0 Å². The van der Waals surface area contributed by atoms with E-state index in [1.807, 2.05) is 6.92 Å². The Morgan fingerprint density at radius 2 is 2.53 bits per heavy atom. The lowest BCUT2D eigenvalue weighted by atomic mass is 10.1. The van der Waals surface area contributed by atoms with Gasteiger partial charge >= 0.3 is 0 Å². The first kappa shape index (κ1) is 10.5. The molecule has 1 saturated heterocycles. The Hall–Kier alpha value is -1.01. The number of rotatable bonds is 3. The number of carbonyl (C=O) groups is 1. The summed E-state index contributed by atoms with van der Waals surface area (Å²) in [5.41, 5.74) is 0. The van der Waals surface area contributed by atoms with Crippen LogP contribution >= 0.6 is 11.3 Å². The normalized spacial score (nSPS) is 20.5. The molecule has 0 spiro atoms. The third-order valence-corrected chi connectivity index (χ3v) is 3.41. The molecule has 15 heavy (non-hydrogen) atoms. The fraction of sp³-hybridized carbons (Fsp3) is 0.667. The summed E-state index contributed by atoms with van der Waals surface area (Å²) in [7, 11) is 0. The van der Waals surface area contributed by atoms with Gasteiger partial charge in [0.1, 0.15) is 5.01 Å². The molecule has 2 N–H and O–H groups in total. The van der Waals surface area contributed by atoms with Crippen LogP contribution in [0.25, 0.3) is 0 Å². The highest BCUT2D eigenvalue weighted by Crippen LogP contribution is 2.17. The van der Waals surface area contributed by atoms with Crippen molar-refractivity contribution in [2.24, 2.45) is 5.92 Å². The van der Waals surface area contributed by atoms with E-state index in [1.54, 1.807) is 0 Å². The van der Waals surface area contributed by atoms with Crippen molar-refractivity contribution in [2.75, 3.05) is 18.4 Å². The second-order valence-electron chi connectivity index (χ2n) is 3.53. The van der Waals surface area contributed by atoms with Gasteiger partial charge in [-0.25, -0.2) is 0 Å². The van der Waals surface area contributed by atoms with Crippen LogP contribution in [0.4, 0.5) is 5.13 Å². The molecule has 2 rings (SSSR count). The summed E-state index contributed by atoms with van der Waals surface area (Å²) in [6, 6.07) is 0. The molecule has 1 atom stereocenters. The van der Waals surface area contributed by atoms with Gasteiger partial charge in [-0.05, 0) is 19.4 Å². The zero-order valence-corrected chi connectivity index (χ0v) is 9.43. The number of nitrogens with one attached hydrogen (secondary N) is 2. The number of anilines is 1.